The highest BCUT2D eigenvalue weighted by molar-refractivity contribution is 9.10. The minimum atomic E-state index is -0.233. The fourth-order valence-corrected chi connectivity index (χ4v) is 3.45. The van der Waals surface area contributed by atoms with Gasteiger partial charge in [-0.2, -0.15) is 0 Å². The number of nitrogens with one attached hydrogen (secondary N) is 2. The first-order chi connectivity index (χ1) is 13.2. The fraction of sp³-hybridized carbons (Fsp3) is 0.100. The van der Waals surface area contributed by atoms with Crippen molar-refractivity contribution in [3.63, 3.8) is 0 Å². The van der Waals surface area contributed by atoms with Crippen LogP contribution in [0.15, 0.2) is 71.7 Å². The van der Waals surface area contributed by atoms with Crippen molar-refractivity contribution in [3.05, 3.63) is 77.4 Å². The van der Waals surface area contributed by atoms with Gasteiger partial charge in [-0.15, -0.1) is 0 Å². The van der Waals surface area contributed by atoms with Crippen LogP contribution in [0.5, 0.6) is 5.75 Å². The Morgan fingerprint density at radius 3 is 2.81 bits per heavy atom. The predicted molar refractivity (Wildman–Crippen MR) is 108 cm³/mol. The van der Waals surface area contributed by atoms with Crippen molar-refractivity contribution in [2.45, 2.75) is 6.54 Å². The van der Waals surface area contributed by atoms with E-state index in [1.54, 1.807) is 12.5 Å². The number of imidazole rings is 1. The summed E-state index contributed by atoms with van der Waals surface area (Å²) in [6.07, 6.45) is 5.35. The molecule has 0 aliphatic rings. The van der Waals surface area contributed by atoms with Gasteiger partial charge >= 0.3 is 0 Å². The van der Waals surface area contributed by atoms with E-state index in [0.717, 1.165) is 15.4 Å². The van der Waals surface area contributed by atoms with E-state index in [1.165, 1.54) is 0 Å². The lowest BCUT2D eigenvalue weighted by Gasteiger charge is -2.12. The van der Waals surface area contributed by atoms with E-state index in [2.05, 4.69) is 31.2 Å². The second-order valence-corrected chi connectivity index (χ2v) is 6.75. The van der Waals surface area contributed by atoms with Crippen LogP contribution in [0.25, 0.3) is 10.9 Å². The summed E-state index contributed by atoms with van der Waals surface area (Å²) in [4.78, 5) is 19.9. The number of nitrogens with zero attached hydrogens (tertiary/aromatic N) is 2. The Labute approximate surface area is 164 Å². The topological polar surface area (TPSA) is 71.9 Å². The molecule has 27 heavy (non-hydrogen) atoms. The molecular weight excluding hydrogens is 408 g/mol. The van der Waals surface area contributed by atoms with Crippen molar-refractivity contribution in [1.82, 2.24) is 14.5 Å². The summed E-state index contributed by atoms with van der Waals surface area (Å²) >= 11 is 3.52. The van der Waals surface area contributed by atoms with Gasteiger partial charge in [0.05, 0.1) is 23.0 Å². The summed E-state index contributed by atoms with van der Waals surface area (Å²) in [5.74, 6) is 0.391. The molecule has 0 radical (unpaired) electrons. The van der Waals surface area contributed by atoms with E-state index >= 15 is 0 Å². The van der Waals surface area contributed by atoms with Crippen LogP contribution in [0.1, 0.15) is 10.5 Å². The number of anilines is 1. The fourth-order valence-electron chi connectivity index (χ4n) is 2.82. The number of amides is 1. The molecule has 7 heteroatoms. The lowest BCUT2D eigenvalue weighted by Crippen LogP contribution is -2.14. The zero-order valence-corrected chi connectivity index (χ0v) is 15.9. The number of hydrogen-bond donors (Lipinski definition) is 2. The first-order valence-corrected chi connectivity index (χ1v) is 9.27. The number of para-hydroxylation sites is 3. The van der Waals surface area contributed by atoms with Gasteiger partial charge in [0, 0.05) is 23.3 Å². The SMILES string of the molecule is O=C(Nc1ccccc1OCCn1ccnc1)c1[nH]c2ccccc2c1Br. The minimum absolute atomic E-state index is 0.233. The Balaban J connectivity index is 1.50. The number of aromatic nitrogens is 3. The summed E-state index contributed by atoms with van der Waals surface area (Å²) in [7, 11) is 0. The molecule has 136 valence electrons. The molecule has 4 rings (SSSR count). The lowest BCUT2D eigenvalue weighted by atomic mass is 10.2. The number of carbonyl (C=O) groups excluding carboxylic acids is 1. The van der Waals surface area contributed by atoms with Gasteiger partial charge in [0.1, 0.15) is 18.1 Å². The molecule has 4 aromatic rings. The summed E-state index contributed by atoms with van der Waals surface area (Å²) in [5, 5.41) is 3.89. The third kappa shape index (κ3) is 3.73. The van der Waals surface area contributed by atoms with E-state index in [1.807, 2.05) is 59.3 Å². The van der Waals surface area contributed by atoms with Gasteiger partial charge < -0.3 is 19.6 Å². The molecule has 0 aliphatic carbocycles. The Hall–Kier alpha value is -3.06. The second-order valence-electron chi connectivity index (χ2n) is 5.96. The molecule has 0 spiro atoms. The quantitative estimate of drug-likeness (QED) is 0.479. The Morgan fingerprint density at radius 2 is 2.00 bits per heavy atom. The van der Waals surface area contributed by atoms with Crippen LogP contribution in [0.2, 0.25) is 0 Å². The van der Waals surface area contributed by atoms with Crippen molar-refractivity contribution in [1.29, 1.82) is 0 Å². The summed E-state index contributed by atoms with van der Waals surface area (Å²) in [6, 6.07) is 15.1. The summed E-state index contributed by atoms with van der Waals surface area (Å²) in [6.45, 7) is 1.15. The molecule has 1 amide bonds. The number of fused-ring (bicyclic) bond motifs is 1. The number of hydrogen-bond acceptors (Lipinski definition) is 3. The zero-order valence-electron chi connectivity index (χ0n) is 14.4. The van der Waals surface area contributed by atoms with Crippen LogP contribution in [-0.2, 0) is 6.54 Å². The molecule has 2 aromatic heterocycles. The Bertz CT molecular complexity index is 1070. The smallest absolute Gasteiger partial charge is 0.273 e. The van der Waals surface area contributed by atoms with Crippen molar-refractivity contribution < 1.29 is 9.53 Å². The molecular formula is C20H17BrN4O2. The monoisotopic (exact) mass is 424 g/mol. The third-order valence-electron chi connectivity index (χ3n) is 4.17. The van der Waals surface area contributed by atoms with Gasteiger partial charge in [0.2, 0.25) is 0 Å². The van der Waals surface area contributed by atoms with Crippen molar-refractivity contribution in [3.8, 4) is 5.75 Å². The number of H-pyrrole nitrogens is 1. The molecule has 0 saturated heterocycles. The number of aromatic amines is 1. The van der Waals surface area contributed by atoms with Crippen molar-refractivity contribution >= 4 is 38.4 Å². The van der Waals surface area contributed by atoms with E-state index in [0.29, 0.717) is 30.3 Å². The van der Waals surface area contributed by atoms with E-state index < -0.39 is 0 Å². The molecule has 0 unspecified atom stereocenters. The number of rotatable bonds is 6. The van der Waals surface area contributed by atoms with Crippen molar-refractivity contribution in [2.24, 2.45) is 0 Å². The van der Waals surface area contributed by atoms with Gasteiger partial charge in [0.15, 0.2) is 0 Å². The van der Waals surface area contributed by atoms with Crippen LogP contribution in [0.3, 0.4) is 0 Å². The van der Waals surface area contributed by atoms with Gasteiger partial charge in [-0.1, -0.05) is 30.3 Å². The summed E-state index contributed by atoms with van der Waals surface area (Å²) < 4.78 is 8.53. The molecule has 0 saturated carbocycles. The van der Waals surface area contributed by atoms with Gasteiger partial charge in [-0.3, -0.25) is 4.79 Å². The van der Waals surface area contributed by atoms with Crippen LogP contribution in [0.4, 0.5) is 5.69 Å². The number of halogens is 1. The molecule has 2 N–H and O–H groups in total. The highest BCUT2D eigenvalue weighted by atomic mass is 79.9. The molecule has 0 atom stereocenters. The van der Waals surface area contributed by atoms with Gasteiger partial charge in [0.25, 0.3) is 5.91 Å². The largest absolute Gasteiger partial charge is 0.490 e. The van der Waals surface area contributed by atoms with Crippen LogP contribution < -0.4 is 10.1 Å². The normalized spacial score (nSPS) is 10.9. The Kier molecular flexibility index (Phi) is 4.93. The lowest BCUT2D eigenvalue weighted by molar-refractivity contribution is 0.102. The minimum Gasteiger partial charge on any atom is -0.490 e. The number of carbonyl (C=O) groups is 1. The Morgan fingerprint density at radius 1 is 1.19 bits per heavy atom. The zero-order chi connectivity index (χ0) is 18.6. The van der Waals surface area contributed by atoms with E-state index in [4.69, 9.17) is 4.74 Å². The van der Waals surface area contributed by atoms with E-state index in [-0.39, 0.29) is 5.91 Å². The molecule has 0 bridgehead atoms. The van der Waals surface area contributed by atoms with E-state index in [9.17, 15) is 4.79 Å². The predicted octanol–water partition coefficient (Wildman–Crippen LogP) is 4.46. The molecule has 2 heterocycles. The van der Waals surface area contributed by atoms with Gasteiger partial charge in [-0.05, 0) is 34.1 Å². The first kappa shape index (κ1) is 17.4. The average Bonchev–Trinajstić information content (AvgIpc) is 3.32. The van der Waals surface area contributed by atoms with Crippen LogP contribution >= 0.6 is 15.9 Å². The van der Waals surface area contributed by atoms with Gasteiger partial charge in [-0.25, -0.2) is 4.98 Å². The van der Waals surface area contributed by atoms with Crippen molar-refractivity contribution in [2.75, 3.05) is 11.9 Å². The maximum Gasteiger partial charge on any atom is 0.273 e. The standard InChI is InChI=1S/C20H17BrN4O2/c21-18-14-5-1-2-6-15(14)23-19(18)20(26)24-16-7-3-4-8-17(16)27-12-11-25-10-9-22-13-25/h1-10,13,23H,11-12H2,(H,24,26). The van der Waals surface area contributed by atoms with Crippen LogP contribution in [0, 0.1) is 0 Å². The third-order valence-corrected chi connectivity index (χ3v) is 4.99. The average molecular weight is 425 g/mol. The summed E-state index contributed by atoms with van der Waals surface area (Å²) in [5.41, 5.74) is 2.00. The maximum absolute atomic E-state index is 12.8. The first-order valence-electron chi connectivity index (χ1n) is 8.47. The second kappa shape index (κ2) is 7.67. The molecule has 0 fully saturated rings. The highest BCUT2D eigenvalue weighted by Crippen LogP contribution is 2.30. The molecule has 6 nitrogen and oxygen atoms in total. The molecule has 2 aromatic carbocycles. The van der Waals surface area contributed by atoms with Crippen LogP contribution in [-0.4, -0.2) is 27.0 Å². The highest BCUT2D eigenvalue weighted by Gasteiger charge is 2.17. The number of benzene rings is 2. The maximum atomic E-state index is 12.8. The number of ether oxygens (including phenoxy) is 1. The molecule has 0 aliphatic heterocycles.